The average Bonchev–Trinajstić information content (AvgIpc) is 2.54. The number of β-amino-alcohol motifs (C(OH)–C–C–N with tert-alkyl or cyclic N) is 1. The molecule has 4 nitrogen and oxygen atoms in total. The monoisotopic (exact) mass is 338 g/mol. The summed E-state index contributed by atoms with van der Waals surface area (Å²) in [6.07, 6.45) is -0.292. The number of nitrogens with zero attached hydrogens (tertiary/aromatic N) is 2. The van der Waals surface area contributed by atoms with Crippen molar-refractivity contribution < 1.29 is 9.32 Å². The van der Waals surface area contributed by atoms with Crippen molar-refractivity contribution in [1.82, 2.24) is 9.80 Å². The van der Waals surface area contributed by atoms with Gasteiger partial charge in [0.05, 0.1) is 16.9 Å². The van der Waals surface area contributed by atoms with Gasteiger partial charge in [0.25, 0.3) is 0 Å². The third kappa shape index (κ3) is 5.99. The first kappa shape index (κ1) is 18.6. The molecule has 1 aromatic rings. The van der Waals surface area contributed by atoms with Gasteiger partial charge in [0.2, 0.25) is 0 Å². The maximum atomic E-state index is 12.2. The topological polar surface area (TPSA) is 43.8 Å². The molecule has 0 aromatic heterocycles. The van der Waals surface area contributed by atoms with Crippen molar-refractivity contribution >= 4 is 10.8 Å². The number of hydrogen-bond donors (Lipinski definition) is 1. The summed E-state index contributed by atoms with van der Waals surface area (Å²) >= 11 is 0. The van der Waals surface area contributed by atoms with Crippen LogP contribution in [0.25, 0.3) is 0 Å². The van der Waals surface area contributed by atoms with Crippen LogP contribution in [0.5, 0.6) is 0 Å². The van der Waals surface area contributed by atoms with Crippen LogP contribution >= 0.6 is 0 Å². The number of aliphatic hydroxyl groups excluding tert-OH is 1. The Kier molecular flexibility index (Phi) is 6.77. The first-order valence-electron chi connectivity index (χ1n) is 8.42. The lowest BCUT2D eigenvalue weighted by Gasteiger charge is -2.37. The van der Waals surface area contributed by atoms with Gasteiger partial charge in [-0.3, -0.25) is 14.0 Å². The third-order valence-corrected chi connectivity index (χ3v) is 5.85. The molecular formula is C18H30N2O2S. The third-order valence-electron chi connectivity index (χ3n) is 4.49. The van der Waals surface area contributed by atoms with E-state index in [1.54, 1.807) is 0 Å². The molecule has 0 radical (unpaired) electrons. The fourth-order valence-corrected chi connectivity index (χ4v) is 3.74. The molecule has 130 valence electrons. The van der Waals surface area contributed by atoms with E-state index >= 15 is 0 Å². The average molecular weight is 339 g/mol. The highest BCUT2D eigenvalue weighted by Gasteiger charge is 2.26. The fraction of sp³-hybridized carbons (Fsp3) is 0.667. The van der Waals surface area contributed by atoms with Gasteiger partial charge in [0.1, 0.15) is 0 Å². The molecule has 0 spiro atoms. The zero-order valence-electron chi connectivity index (χ0n) is 14.6. The Morgan fingerprint density at radius 1 is 1.09 bits per heavy atom. The molecule has 1 saturated heterocycles. The second kappa shape index (κ2) is 8.38. The Morgan fingerprint density at radius 2 is 1.65 bits per heavy atom. The molecule has 0 amide bonds. The standard InChI is InChI=1S/C18H30N2O2S/c1-18(2,3)17(21)15-20-11-9-19(10-12-20)13-14-23(22)16-7-5-4-6-8-16/h4-8,17,21H,9-15H2,1-3H3/t17-,23-/m0/s1. The molecule has 1 aliphatic heterocycles. The minimum absolute atomic E-state index is 0.0658. The van der Waals surface area contributed by atoms with Gasteiger partial charge in [-0.25, -0.2) is 0 Å². The summed E-state index contributed by atoms with van der Waals surface area (Å²) in [5, 5.41) is 10.2. The summed E-state index contributed by atoms with van der Waals surface area (Å²) in [5.41, 5.74) is -0.0658. The molecule has 23 heavy (non-hydrogen) atoms. The van der Waals surface area contributed by atoms with Crippen LogP contribution in [0.3, 0.4) is 0 Å². The highest BCUT2D eigenvalue weighted by atomic mass is 32.2. The number of aliphatic hydroxyl groups is 1. The lowest BCUT2D eigenvalue weighted by Crippen LogP contribution is -2.50. The summed E-state index contributed by atoms with van der Waals surface area (Å²) in [6, 6.07) is 9.69. The van der Waals surface area contributed by atoms with Gasteiger partial charge < -0.3 is 5.11 Å². The van der Waals surface area contributed by atoms with Gasteiger partial charge in [0.15, 0.2) is 0 Å². The molecule has 1 aliphatic rings. The Labute approximate surface area is 142 Å². The minimum Gasteiger partial charge on any atom is -0.391 e. The van der Waals surface area contributed by atoms with Gasteiger partial charge in [0, 0.05) is 49.9 Å². The Morgan fingerprint density at radius 3 is 2.22 bits per heavy atom. The van der Waals surface area contributed by atoms with Crippen molar-refractivity contribution in [3.8, 4) is 0 Å². The van der Waals surface area contributed by atoms with Crippen LogP contribution < -0.4 is 0 Å². The molecule has 0 saturated carbocycles. The molecule has 0 unspecified atom stereocenters. The van der Waals surface area contributed by atoms with Crippen LogP contribution in [-0.4, -0.2) is 70.2 Å². The van der Waals surface area contributed by atoms with Crippen molar-refractivity contribution in [3.63, 3.8) is 0 Å². The smallest absolute Gasteiger partial charge is 0.0715 e. The van der Waals surface area contributed by atoms with E-state index in [1.807, 2.05) is 30.3 Å². The Balaban J connectivity index is 1.70. The van der Waals surface area contributed by atoms with Crippen LogP contribution in [0.2, 0.25) is 0 Å². The van der Waals surface area contributed by atoms with E-state index in [4.69, 9.17) is 0 Å². The number of rotatable bonds is 6. The predicted molar refractivity (Wildman–Crippen MR) is 96.1 cm³/mol. The van der Waals surface area contributed by atoms with Gasteiger partial charge in [-0.05, 0) is 17.5 Å². The maximum absolute atomic E-state index is 12.2. The zero-order chi connectivity index (χ0) is 16.9. The van der Waals surface area contributed by atoms with E-state index in [-0.39, 0.29) is 11.5 Å². The van der Waals surface area contributed by atoms with Crippen LogP contribution in [0.15, 0.2) is 35.2 Å². The van der Waals surface area contributed by atoms with Crippen molar-refractivity contribution in [2.75, 3.05) is 45.0 Å². The zero-order valence-corrected chi connectivity index (χ0v) is 15.4. The van der Waals surface area contributed by atoms with E-state index in [2.05, 4.69) is 30.6 Å². The van der Waals surface area contributed by atoms with Crippen molar-refractivity contribution in [2.45, 2.75) is 31.8 Å². The van der Waals surface area contributed by atoms with E-state index in [1.165, 1.54) is 0 Å². The first-order valence-corrected chi connectivity index (χ1v) is 9.74. The molecule has 2 atom stereocenters. The lowest BCUT2D eigenvalue weighted by atomic mass is 9.89. The highest BCUT2D eigenvalue weighted by molar-refractivity contribution is 7.85. The maximum Gasteiger partial charge on any atom is 0.0715 e. The second-order valence-electron chi connectivity index (χ2n) is 7.39. The molecule has 5 heteroatoms. The van der Waals surface area contributed by atoms with Crippen molar-refractivity contribution in [3.05, 3.63) is 30.3 Å². The summed E-state index contributed by atoms with van der Waals surface area (Å²) < 4.78 is 12.2. The fourth-order valence-electron chi connectivity index (χ4n) is 2.62. The summed E-state index contributed by atoms with van der Waals surface area (Å²) in [6.45, 7) is 11.8. The summed E-state index contributed by atoms with van der Waals surface area (Å²) in [5.74, 6) is 0.689. The number of hydrogen-bond acceptors (Lipinski definition) is 4. The number of piperazine rings is 1. The van der Waals surface area contributed by atoms with Gasteiger partial charge in [-0.1, -0.05) is 39.0 Å². The molecule has 1 aromatic carbocycles. The van der Waals surface area contributed by atoms with Crippen LogP contribution in [0.4, 0.5) is 0 Å². The Hall–Kier alpha value is -0.750. The molecular weight excluding hydrogens is 308 g/mol. The number of benzene rings is 1. The summed E-state index contributed by atoms with van der Waals surface area (Å²) in [7, 11) is -0.910. The largest absolute Gasteiger partial charge is 0.391 e. The van der Waals surface area contributed by atoms with Gasteiger partial charge in [-0.2, -0.15) is 0 Å². The molecule has 1 fully saturated rings. The molecule has 2 rings (SSSR count). The lowest BCUT2D eigenvalue weighted by molar-refractivity contribution is 0.0142. The molecule has 0 aliphatic carbocycles. The molecule has 1 N–H and O–H groups in total. The minimum atomic E-state index is -0.910. The van der Waals surface area contributed by atoms with E-state index < -0.39 is 10.8 Å². The highest BCUT2D eigenvalue weighted by Crippen LogP contribution is 2.20. The van der Waals surface area contributed by atoms with Crippen LogP contribution in [-0.2, 0) is 10.8 Å². The first-order chi connectivity index (χ1) is 10.9. The Bertz CT molecular complexity index is 493. The van der Waals surface area contributed by atoms with Crippen LogP contribution in [0.1, 0.15) is 20.8 Å². The van der Waals surface area contributed by atoms with E-state index in [0.29, 0.717) is 5.75 Å². The van der Waals surface area contributed by atoms with E-state index in [0.717, 1.165) is 44.2 Å². The van der Waals surface area contributed by atoms with Crippen LogP contribution in [0, 0.1) is 5.41 Å². The second-order valence-corrected chi connectivity index (χ2v) is 8.96. The van der Waals surface area contributed by atoms with E-state index in [9.17, 15) is 9.32 Å². The normalized spacial score (nSPS) is 20.3. The van der Waals surface area contributed by atoms with Crippen molar-refractivity contribution in [1.29, 1.82) is 0 Å². The SMILES string of the molecule is CC(C)(C)[C@@H](O)CN1CCN(CC[S@](=O)c2ccccc2)CC1. The summed E-state index contributed by atoms with van der Waals surface area (Å²) in [4.78, 5) is 5.63. The molecule has 1 heterocycles. The van der Waals surface area contributed by atoms with Crippen molar-refractivity contribution in [2.24, 2.45) is 5.41 Å². The van der Waals surface area contributed by atoms with Gasteiger partial charge in [-0.15, -0.1) is 0 Å². The predicted octanol–water partition coefficient (Wildman–Crippen LogP) is 1.82. The molecule has 0 bridgehead atoms. The quantitative estimate of drug-likeness (QED) is 0.859. The van der Waals surface area contributed by atoms with Gasteiger partial charge >= 0.3 is 0 Å².